The topological polar surface area (TPSA) is 110 Å². The third-order valence-corrected chi connectivity index (χ3v) is 4.74. The van der Waals surface area contributed by atoms with Gasteiger partial charge in [0.25, 0.3) is 11.5 Å². The Hall–Kier alpha value is -3.93. The van der Waals surface area contributed by atoms with Crippen LogP contribution in [0.15, 0.2) is 59.2 Å². The molecule has 13 heteroatoms. The summed E-state index contributed by atoms with van der Waals surface area (Å²) in [4.78, 5) is 16.6. The maximum absolute atomic E-state index is 12.8. The van der Waals surface area contributed by atoms with Gasteiger partial charge in [-0.2, -0.15) is 13.2 Å². The molecule has 2 aromatic heterocycles. The molecule has 0 aliphatic carbocycles. The molecule has 0 bridgehead atoms. The molecule has 0 aliphatic rings. The van der Waals surface area contributed by atoms with Crippen molar-refractivity contribution in [2.45, 2.75) is 18.7 Å². The van der Waals surface area contributed by atoms with Crippen LogP contribution in [0.4, 0.5) is 13.2 Å². The number of hydrogen-bond donors (Lipinski definition) is 0. The van der Waals surface area contributed by atoms with E-state index in [0.29, 0.717) is 5.56 Å². The lowest BCUT2D eigenvalue weighted by atomic mass is 10.1. The number of rotatable bonds is 6. The van der Waals surface area contributed by atoms with Gasteiger partial charge in [-0.15, -0.1) is 16.7 Å². The first-order valence-electron chi connectivity index (χ1n) is 9.28. The molecule has 2 aromatic carbocycles. The molecule has 4 aromatic rings. The summed E-state index contributed by atoms with van der Waals surface area (Å²) in [6, 6.07) is 12.7. The van der Waals surface area contributed by atoms with Gasteiger partial charge in [-0.05, 0) is 29.2 Å². The van der Waals surface area contributed by atoms with E-state index >= 15 is 0 Å². The smallest absolute Gasteiger partial charge is 0.416 e. The highest BCUT2D eigenvalue weighted by Crippen LogP contribution is 2.29. The zero-order valence-electron chi connectivity index (χ0n) is 16.5. The summed E-state index contributed by atoms with van der Waals surface area (Å²) in [5, 5.41) is 19.6. The molecule has 0 aliphatic heterocycles. The molecule has 0 radical (unpaired) electrons. The Morgan fingerprint density at radius 1 is 1.15 bits per heavy atom. The number of carbonyl (C=O) groups is 1. The van der Waals surface area contributed by atoms with Crippen LogP contribution in [-0.2, 0) is 23.4 Å². The van der Waals surface area contributed by atoms with Crippen LogP contribution in [0.3, 0.4) is 0 Å². The van der Waals surface area contributed by atoms with Crippen LogP contribution >= 0.6 is 11.6 Å². The van der Waals surface area contributed by atoms with E-state index in [9.17, 15) is 23.2 Å². The minimum atomic E-state index is -4.50. The van der Waals surface area contributed by atoms with E-state index in [1.165, 1.54) is 12.1 Å². The Labute approximate surface area is 188 Å². The average molecular weight is 480 g/mol. The number of esters is 1. The summed E-state index contributed by atoms with van der Waals surface area (Å²) in [6.45, 7) is -0.485. The molecule has 0 spiro atoms. The van der Waals surface area contributed by atoms with Crippen molar-refractivity contribution in [2.75, 3.05) is 0 Å². The Morgan fingerprint density at radius 2 is 1.85 bits per heavy atom. The Kier molecular flexibility index (Phi) is 6.01. The highest BCUT2D eigenvalue weighted by atomic mass is 35.5. The van der Waals surface area contributed by atoms with Crippen LogP contribution in [0.5, 0.6) is 0 Å². The Morgan fingerprint density at radius 3 is 2.48 bits per heavy atom. The van der Waals surface area contributed by atoms with Gasteiger partial charge < -0.3 is 9.94 Å². The molecule has 170 valence electrons. The van der Waals surface area contributed by atoms with Crippen molar-refractivity contribution in [2.24, 2.45) is 0 Å². The molecule has 4 rings (SSSR count). The van der Waals surface area contributed by atoms with Crippen LogP contribution in [0.25, 0.3) is 16.9 Å². The maximum Gasteiger partial charge on any atom is 0.416 e. The van der Waals surface area contributed by atoms with Crippen molar-refractivity contribution in [3.8, 4) is 16.9 Å². The molecule has 2 heterocycles. The van der Waals surface area contributed by atoms with Crippen LogP contribution in [-0.4, -0.2) is 25.9 Å². The van der Waals surface area contributed by atoms with Gasteiger partial charge >= 0.3 is 12.1 Å². The van der Waals surface area contributed by atoms with Crippen molar-refractivity contribution in [3.63, 3.8) is 0 Å². The first kappa shape index (κ1) is 22.3. The van der Waals surface area contributed by atoms with Crippen LogP contribution in [0.2, 0.25) is 0 Å². The molecular formula is C20H13ClF3N5O4. The number of ether oxygens (including phenoxy) is 1. The minimum absolute atomic E-state index is 0.0470. The number of aromatic nitrogens is 5. The number of nitrogens with zero attached hydrogens (tertiary/aromatic N) is 5. The third kappa shape index (κ3) is 4.65. The van der Waals surface area contributed by atoms with Crippen molar-refractivity contribution in [1.82, 2.24) is 19.9 Å². The van der Waals surface area contributed by atoms with Crippen molar-refractivity contribution >= 4 is 17.6 Å². The highest BCUT2D eigenvalue weighted by Gasteiger charge is 2.30. The summed E-state index contributed by atoms with van der Waals surface area (Å²) in [5.74, 6) is -1.43. The zero-order chi connectivity index (χ0) is 23.6. The van der Waals surface area contributed by atoms with Crippen molar-refractivity contribution < 1.29 is 32.2 Å². The van der Waals surface area contributed by atoms with E-state index in [4.69, 9.17) is 16.3 Å². The molecule has 33 heavy (non-hydrogen) atoms. The van der Waals surface area contributed by atoms with Crippen molar-refractivity contribution in [1.29, 1.82) is 0 Å². The van der Waals surface area contributed by atoms with Gasteiger partial charge in [-0.1, -0.05) is 30.3 Å². The average Bonchev–Trinajstić information content (AvgIpc) is 3.41. The van der Waals surface area contributed by atoms with Gasteiger partial charge in [0.15, 0.2) is 6.61 Å². The van der Waals surface area contributed by atoms with E-state index in [2.05, 4.69) is 19.9 Å². The molecule has 0 atom stereocenters. The second kappa shape index (κ2) is 8.90. The van der Waals surface area contributed by atoms with Crippen LogP contribution in [0.1, 0.15) is 27.7 Å². The van der Waals surface area contributed by atoms with Gasteiger partial charge in [0.2, 0.25) is 5.69 Å². The van der Waals surface area contributed by atoms with Gasteiger partial charge in [-0.25, -0.2) is 14.5 Å². The lowest BCUT2D eigenvalue weighted by molar-refractivity contribution is -0.808. The first-order chi connectivity index (χ1) is 15.8. The SMILES string of the molecule is O=C(OCc1c(-c2ccccc2)no[n+]1[O-])c1nc(CCl)n(-c2ccc(C(F)(F)F)cc2)n1. The molecule has 0 saturated heterocycles. The first-order valence-corrected chi connectivity index (χ1v) is 9.82. The fraction of sp³-hybridized carbons (Fsp3) is 0.150. The van der Waals surface area contributed by atoms with E-state index in [1.807, 2.05) is 0 Å². The van der Waals surface area contributed by atoms with E-state index < -0.39 is 24.3 Å². The number of benzene rings is 2. The maximum atomic E-state index is 12.8. The van der Waals surface area contributed by atoms with E-state index in [1.54, 1.807) is 30.3 Å². The van der Waals surface area contributed by atoms with E-state index in [0.717, 1.165) is 16.8 Å². The summed E-state index contributed by atoms with van der Waals surface area (Å²) in [6.07, 6.45) is -4.50. The normalized spacial score (nSPS) is 11.5. The fourth-order valence-electron chi connectivity index (χ4n) is 2.92. The summed E-state index contributed by atoms with van der Waals surface area (Å²) in [7, 11) is 0. The molecular weight excluding hydrogens is 467 g/mol. The number of hydrogen-bond acceptors (Lipinski definition) is 7. The zero-order valence-corrected chi connectivity index (χ0v) is 17.2. The minimum Gasteiger partial charge on any atom is -0.451 e. The molecule has 0 unspecified atom stereocenters. The molecule has 0 saturated carbocycles. The van der Waals surface area contributed by atoms with Gasteiger partial charge in [0, 0.05) is 10.7 Å². The summed E-state index contributed by atoms with van der Waals surface area (Å²) < 4.78 is 49.3. The summed E-state index contributed by atoms with van der Waals surface area (Å²) in [5.41, 5.74) is 0.105. The summed E-state index contributed by atoms with van der Waals surface area (Å²) >= 11 is 5.85. The lowest BCUT2D eigenvalue weighted by Crippen LogP contribution is -2.29. The Balaban J connectivity index is 1.54. The quantitative estimate of drug-likeness (QED) is 0.236. The van der Waals surface area contributed by atoms with Gasteiger partial charge in [0.05, 0.1) is 17.1 Å². The number of carbonyl (C=O) groups excluding carboxylic acids is 1. The Bertz CT molecular complexity index is 1270. The molecule has 0 N–H and O–H groups in total. The molecule has 0 amide bonds. The van der Waals surface area contributed by atoms with Gasteiger partial charge in [0.1, 0.15) is 5.82 Å². The largest absolute Gasteiger partial charge is 0.451 e. The number of alkyl halides is 4. The van der Waals surface area contributed by atoms with Crippen LogP contribution in [0, 0.1) is 5.21 Å². The fourth-order valence-corrected chi connectivity index (χ4v) is 3.09. The highest BCUT2D eigenvalue weighted by molar-refractivity contribution is 6.16. The van der Waals surface area contributed by atoms with Crippen LogP contribution < -0.4 is 4.90 Å². The van der Waals surface area contributed by atoms with Gasteiger partial charge in [-0.3, -0.25) is 4.63 Å². The molecule has 9 nitrogen and oxygen atoms in total. The molecule has 0 fully saturated rings. The van der Waals surface area contributed by atoms with Crippen molar-refractivity contribution in [3.05, 3.63) is 82.7 Å². The second-order valence-corrected chi connectivity index (χ2v) is 6.88. The monoisotopic (exact) mass is 479 g/mol. The lowest BCUT2D eigenvalue weighted by Gasteiger charge is -2.08. The van der Waals surface area contributed by atoms with E-state index in [-0.39, 0.29) is 39.5 Å². The third-order valence-electron chi connectivity index (χ3n) is 4.50. The standard InChI is InChI=1S/C20H13ClF3N5O4/c21-10-16-25-18(26-28(16)14-8-6-13(7-9-14)20(22,23)24)19(30)32-11-15-17(27-33-29(15)31)12-4-2-1-3-5-12/h1-9H,10-11H2. The predicted octanol–water partition coefficient (Wildman–Crippen LogP) is 3.67. The number of halogens is 4. The predicted molar refractivity (Wildman–Crippen MR) is 106 cm³/mol. The second-order valence-electron chi connectivity index (χ2n) is 6.61.